The molecule has 3 amide bonds. The Hall–Kier alpha value is -2.38. The summed E-state index contributed by atoms with van der Waals surface area (Å²) in [6, 6.07) is 5.31. The molecule has 0 unspecified atom stereocenters. The Labute approximate surface area is 123 Å². The van der Waals surface area contributed by atoms with Gasteiger partial charge in [0.2, 0.25) is 5.91 Å². The molecule has 116 valence electrons. The van der Waals surface area contributed by atoms with Crippen molar-refractivity contribution in [3.63, 3.8) is 0 Å². The second kappa shape index (κ2) is 4.82. The summed E-state index contributed by atoms with van der Waals surface area (Å²) in [5.41, 5.74) is 0.434. The Kier molecular flexibility index (Phi) is 3.19. The fraction of sp³-hybridized carbons (Fsp3) is 0.357. The normalized spacial score (nSPS) is 21.8. The Morgan fingerprint density at radius 1 is 1.05 bits per heavy atom. The summed E-state index contributed by atoms with van der Waals surface area (Å²) in [4.78, 5) is 37.7. The molecular weight excluding hydrogens is 301 g/mol. The number of rotatable bonds is 2. The van der Waals surface area contributed by atoms with Crippen molar-refractivity contribution >= 4 is 17.7 Å². The summed E-state index contributed by atoms with van der Waals surface area (Å²) in [6.45, 7) is -1.66. The third-order valence-corrected chi connectivity index (χ3v) is 3.75. The molecule has 2 heterocycles. The van der Waals surface area contributed by atoms with Gasteiger partial charge in [0.1, 0.15) is 6.54 Å². The minimum Gasteiger partial charge on any atom is -0.331 e. The highest BCUT2D eigenvalue weighted by Crippen LogP contribution is 2.29. The molecule has 2 aliphatic rings. The van der Waals surface area contributed by atoms with Crippen LogP contribution in [-0.2, 0) is 4.79 Å². The highest BCUT2D eigenvalue weighted by atomic mass is 19.4. The number of halogens is 3. The first-order valence-electron chi connectivity index (χ1n) is 6.59. The molecule has 0 bridgehead atoms. The van der Waals surface area contributed by atoms with Crippen molar-refractivity contribution in [3.8, 4) is 0 Å². The number of fused-ring (bicyclic) bond motifs is 1. The number of carbonyl (C=O) groups excluding carboxylic acids is 3. The van der Waals surface area contributed by atoms with Gasteiger partial charge in [0.05, 0.1) is 17.2 Å². The largest absolute Gasteiger partial charge is 0.406 e. The minimum absolute atomic E-state index is 0.217. The summed E-state index contributed by atoms with van der Waals surface area (Å²) < 4.78 is 37.2. The van der Waals surface area contributed by atoms with Gasteiger partial charge in [0, 0.05) is 13.0 Å². The van der Waals surface area contributed by atoms with Crippen molar-refractivity contribution in [2.75, 3.05) is 13.1 Å². The maximum Gasteiger partial charge on any atom is 0.406 e. The lowest BCUT2D eigenvalue weighted by Crippen LogP contribution is -2.42. The van der Waals surface area contributed by atoms with Crippen molar-refractivity contribution in [3.05, 3.63) is 35.4 Å². The average Bonchev–Trinajstić information content (AvgIpc) is 2.88. The molecule has 5 nitrogen and oxygen atoms in total. The Morgan fingerprint density at radius 3 is 2.09 bits per heavy atom. The number of nitrogens with zero attached hydrogens (tertiary/aromatic N) is 2. The number of likely N-dealkylation sites (tertiary alicyclic amines) is 1. The van der Waals surface area contributed by atoms with E-state index in [1.807, 2.05) is 0 Å². The molecule has 0 spiro atoms. The fourth-order valence-corrected chi connectivity index (χ4v) is 2.83. The number of amides is 3. The van der Waals surface area contributed by atoms with Crippen LogP contribution in [0.4, 0.5) is 13.2 Å². The zero-order chi connectivity index (χ0) is 16.1. The smallest absolute Gasteiger partial charge is 0.331 e. The third kappa shape index (κ3) is 2.34. The lowest BCUT2D eigenvalue weighted by atomic mass is 10.1. The average molecular weight is 312 g/mol. The predicted molar refractivity (Wildman–Crippen MR) is 68.0 cm³/mol. The standard InChI is InChI=1S/C14H11F3N2O3/c15-14(16,17)7-18-6-8(5-11(18)20)19-12(21)9-3-1-2-4-10(9)13(19)22/h1-4,8H,5-7H2/t8-/m0/s1. The Balaban J connectivity index is 1.81. The van der Waals surface area contributed by atoms with E-state index in [9.17, 15) is 27.6 Å². The van der Waals surface area contributed by atoms with Gasteiger partial charge >= 0.3 is 6.18 Å². The lowest BCUT2D eigenvalue weighted by Gasteiger charge is -2.22. The second-order valence-electron chi connectivity index (χ2n) is 5.27. The van der Waals surface area contributed by atoms with Crippen molar-refractivity contribution in [2.24, 2.45) is 0 Å². The molecule has 0 N–H and O–H groups in total. The Morgan fingerprint density at radius 2 is 1.59 bits per heavy atom. The molecule has 1 saturated heterocycles. The predicted octanol–water partition coefficient (Wildman–Crippen LogP) is 1.45. The highest BCUT2D eigenvalue weighted by molar-refractivity contribution is 6.21. The van der Waals surface area contributed by atoms with Crippen molar-refractivity contribution in [1.29, 1.82) is 0 Å². The van der Waals surface area contributed by atoms with E-state index in [-0.39, 0.29) is 24.1 Å². The van der Waals surface area contributed by atoms with Crippen molar-refractivity contribution in [2.45, 2.75) is 18.6 Å². The number of imide groups is 1. The number of alkyl halides is 3. The van der Waals surface area contributed by atoms with Gasteiger partial charge in [0.25, 0.3) is 11.8 Å². The SMILES string of the molecule is O=C1C[C@H](N2C(=O)c3ccccc3C2=O)CN1CC(F)(F)F. The van der Waals surface area contributed by atoms with Crippen LogP contribution in [0.15, 0.2) is 24.3 Å². The van der Waals surface area contributed by atoms with Crippen LogP contribution >= 0.6 is 0 Å². The van der Waals surface area contributed by atoms with Gasteiger partial charge in [-0.1, -0.05) is 12.1 Å². The highest BCUT2D eigenvalue weighted by Gasteiger charge is 2.46. The van der Waals surface area contributed by atoms with Crippen molar-refractivity contribution < 1.29 is 27.6 Å². The van der Waals surface area contributed by atoms with E-state index in [1.165, 1.54) is 12.1 Å². The fourth-order valence-electron chi connectivity index (χ4n) is 2.83. The summed E-state index contributed by atoms with van der Waals surface area (Å²) >= 11 is 0. The molecule has 1 fully saturated rings. The van der Waals surface area contributed by atoms with Crippen LogP contribution in [0.1, 0.15) is 27.1 Å². The molecule has 8 heteroatoms. The van der Waals surface area contributed by atoms with Crippen LogP contribution in [-0.4, -0.2) is 52.8 Å². The molecule has 0 radical (unpaired) electrons. The minimum atomic E-state index is -4.51. The molecule has 0 saturated carbocycles. The molecule has 0 aromatic heterocycles. The van der Waals surface area contributed by atoms with Crippen LogP contribution in [0.3, 0.4) is 0 Å². The topological polar surface area (TPSA) is 57.7 Å². The van der Waals surface area contributed by atoms with Crippen molar-refractivity contribution in [1.82, 2.24) is 9.80 Å². The summed E-state index contributed by atoms with van der Waals surface area (Å²) in [7, 11) is 0. The summed E-state index contributed by atoms with van der Waals surface area (Å²) in [5.74, 6) is -1.83. The van der Waals surface area contributed by atoms with E-state index in [4.69, 9.17) is 0 Å². The zero-order valence-corrected chi connectivity index (χ0v) is 11.3. The molecule has 2 aliphatic heterocycles. The van der Waals surface area contributed by atoms with E-state index in [0.717, 1.165) is 4.90 Å². The van der Waals surface area contributed by atoms with Crippen LogP contribution in [0.2, 0.25) is 0 Å². The van der Waals surface area contributed by atoms with Gasteiger partial charge < -0.3 is 4.90 Å². The van der Waals surface area contributed by atoms with Gasteiger partial charge in [-0.15, -0.1) is 0 Å². The van der Waals surface area contributed by atoms with Gasteiger partial charge in [-0.3, -0.25) is 19.3 Å². The number of hydrogen-bond donors (Lipinski definition) is 0. The quantitative estimate of drug-likeness (QED) is 0.777. The van der Waals surface area contributed by atoms with Crippen LogP contribution in [0.5, 0.6) is 0 Å². The van der Waals surface area contributed by atoms with Crippen LogP contribution < -0.4 is 0 Å². The number of carbonyl (C=O) groups is 3. The molecule has 1 aromatic carbocycles. The summed E-state index contributed by atoms with van der Waals surface area (Å²) in [6.07, 6.45) is -4.78. The second-order valence-corrected chi connectivity index (χ2v) is 5.27. The molecule has 1 atom stereocenters. The van der Waals surface area contributed by atoms with Crippen LogP contribution in [0.25, 0.3) is 0 Å². The number of hydrogen-bond acceptors (Lipinski definition) is 3. The summed E-state index contributed by atoms with van der Waals surface area (Å²) in [5, 5.41) is 0. The molecule has 3 rings (SSSR count). The van der Waals surface area contributed by atoms with Gasteiger partial charge in [-0.25, -0.2) is 0 Å². The van der Waals surface area contributed by atoms with E-state index >= 15 is 0 Å². The maximum absolute atomic E-state index is 12.4. The van der Waals surface area contributed by atoms with Gasteiger partial charge in [-0.05, 0) is 12.1 Å². The van der Waals surface area contributed by atoms with E-state index in [1.54, 1.807) is 12.1 Å². The molecule has 22 heavy (non-hydrogen) atoms. The van der Waals surface area contributed by atoms with Gasteiger partial charge in [-0.2, -0.15) is 13.2 Å². The monoisotopic (exact) mass is 312 g/mol. The maximum atomic E-state index is 12.4. The first-order chi connectivity index (χ1) is 10.3. The van der Waals surface area contributed by atoms with E-state index < -0.39 is 36.5 Å². The van der Waals surface area contributed by atoms with E-state index in [0.29, 0.717) is 4.90 Å². The molecule has 0 aliphatic carbocycles. The lowest BCUT2D eigenvalue weighted by molar-refractivity contribution is -0.157. The van der Waals surface area contributed by atoms with Crippen LogP contribution in [0, 0.1) is 0 Å². The third-order valence-electron chi connectivity index (χ3n) is 3.75. The zero-order valence-electron chi connectivity index (χ0n) is 11.3. The molecular formula is C14H11F3N2O3. The number of benzene rings is 1. The van der Waals surface area contributed by atoms with E-state index in [2.05, 4.69) is 0 Å². The molecule has 1 aromatic rings. The van der Waals surface area contributed by atoms with Gasteiger partial charge in [0.15, 0.2) is 0 Å². The first kappa shape index (κ1) is 14.6. The first-order valence-corrected chi connectivity index (χ1v) is 6.59. The Bertz CT molecular complexity index is 637.